The summed E-state index contributed by atoms with van der Waals surface area (Å²) in [5.41, 5.74) is 7.03. The lowest BCUT2D eigenvalue weighted by atomic mass is 10.0. The summed E-state index contributed by atoms with van der Waals surface area (Å²) in [5.74, 6) is -0.835. The van der Waals surface area contributed by atoms with Crippen molar-refractivity contribution in [3.63, 3.8) is 0 Å². The van der Waals surface area contributed by atoms with Crippen molar-refractivity contribution in [2.24, 2.45) is 0 Å². The van der Waals surface area contributed by atoms with Crippen LogP contribution in [-0.4, -0.2) is 25.2 Å². The fourth-order valence-corrected chi connectivity index (χ4v) is 1.59. The van der Waals surface area contributed by atoms with Gasteiger partial charge in [0.25, 0.3) is 0 Å². The van der Waals surface area contributed by atoms with E-state index in [2.05, 4.69) is 0 Å². The number of rotatable bonds is 6. The van der Waals surface area contributed by atoms with Crippen molar-refractivity contribution < 1.29 is 19.1 Å². The van der Waals surface area contributed by atoms with E-state index in [1.807, 2.05) is 6.92 Å². The van der Waals surface area contributed by atoms with E-state index in [0.29, 0.717) is 18.8 Å². The first-order valence-electron chi connectivity index (χ1n) is 6.30. The minimum absolute atomic E-state index is 0.0502. The molecule has 0 aliphatic carbocycles. The second-order valence-electron chi connectivity index (χ2n) is 4.00. The predicted octanol–water partition coefficient (Wildman–Crippen LogP) is 1.94. The van der Waals surface area contributed by atoms with Gasteiger partial charge in [-0.2, -0.15) is 0 Å². The largest absolute Gasteiger partial charge is 0.466 e. The Bertz CT molecular complexity index is 457. The number of nitrogen functional groups attached to an aromatic ring is 1. The molecule has 1 aromatic carbocycles. The van der Waals surface area contributed by atoms with Crippen LogP contribution in [0.5, 0.6) is 0 Å². The molecular weight excluding hydrogens is 246 g/mol. The highest BCUT2D eigenvalue weighted by Crippen LogP contribution is 2.19. The van der Waals surface area contributed by atoms with Gasteiger partial charge in [0.2, 0.25) is 0 Å². The van der Waals surface area contributed by atoms with E-state index < -0.39 is 5.97 Å². The van der Waals surface area contributed by atoms with E-state index in [1.54, 1.807) is 25.1 Å². The van der Waals surface area contributed by atoms with Gasteiger partial charge in [-0.25, -0.2) is 4.79 Å². The van der Waals surface area contributed by atoms with Crippen LogP contribution in [0.1, 0.15) is 36.2 Å². The van der Waals surface area contributed by atoms with Gasteiger partial charge in [0.1, 0.15) is 0 Å². The highest BCUT2D eigenvalue weighted by molar-refractivity contribution is 5.96. The van der Waals surface area contributed by atoms with E-state index in [1.165, 1.54) is 0 Å². The molecule has 0 aromatic heterocycles. The first-order chi connectivity index (χ1) is 9.10. The third-order valence-corrected chi connectivity index (χ3v) is 2.49. The predicted molar refractivity (Wildman–Crippen MR) is 71.8 cm³/mol. The lowest BCUT2D eigenvalue weighted by molar-refractivity contribution is -0.142. The number of ether oxygens (including phenoxy) is 2. The van der Waals surface area contributed by atoms with Gasteiger partial charge in [0, 0.05) is 5.69 Å². The fourth-order valence-electron chi connectivity index (χ4n) is 1.59. The van der Waals surface area contributed by atoms with E-state index >= 15 is 0 Å². The lowest BCUT2D eigenvalue weighted by Crippen LogP contribution is -2.13. The Kier molecular flexibility index (Phi) is 5.85. The van der Waals surface area contributed by atoms with Gasteiger partial charge in [-0.15, -0.1) is 0 Å². The van der Waals surface area contributed by atoms with Crippen LogP contribution in [0.4, 0.5) is 5.69 Å². The highest BCUT2D eigenvalue weighted by atomic mass is 16.5. The highest BCUT2D eigenvalue weighted by Gasteiger charge is 2.15. The van der Waals surface area contributed by atoms with Gasteiger partial charge in [0.05, 0.1) is 25.2 Å². The Hall–Kier alpha value is -2.04. The summed E-state index contributed by atoms with van der Waals surface area (Å²) in [4.78, 5) is 23.2. The summed E-state index contributed by atoms with van der Waals surface area (Å²) in [5, 5.41) is 0. The lowest BCUT2D eigenvalue weighted by Gasteiger charge is -2.10. The Morgan fingerprint density at radius 2 is 1.95 bits per heavy atom. The standard InChI is InChI=1S/C14H19NO4/c1-3-8-19-14(17)11-7-5-6-10(13(11)15)9-12(16)18-4-2/h5-7H,3-4,8-9,15H2,1-2H3. The van der Waals surface area contributed by atoms with Gasteiger partial charge in [-0.05, 0) is 25.0 Å². The third kappa shape index (κ3) is 4.28. The Balaban J connectivity index is 2.85. The molecule has 0 aliphatic rings. The van der Waals surface area contributed by atoms with E-state index in [-0.39, 0.29) is 23.6 Å². The third-order valence-electron chi connectivity index (χ3n) is 2.49. The maximum atomic E-state index is 11.8. The molecule has 0 saturated heterocycles. The SMILES string of the molecule is CCCOC(=O)c1cccc(CC(=O)OCC)c1N. The van der Waals surface area contributed by atoms with Gasteiger partial charge < -0.3 is 15.2 Å². The number of carbonyl (C=O) groups is 2. The summed E-state index contributed by atoms with van der Waals surface area (Å²) in [6.07, 6.45) is 0.794. The molecule has 0 unspecified atom stereocenters. The molecule has 0 aliphatic heterocycles. The maximum Gasteiger partial charge on any atom is 0.340 e. The van der Waals surface area contributed by atoms with Gasteiger partial charge in [-0.3, -0.25) is 4.79 Å². The molecule has 0 atom stereocenters. The quantitative estimate of drug-likeness (QED) is 0.628. The molecule has 0 radical (unpaired) electrons. The topological polar surface area (TPSA) is 78.6 Å². The molecule has 0 fully saturated rings. The molecule has 5 nitrogen and oxygen atoms in total. The van der Waals surface area contributed by atoms with Crippen LogP contribution in [0.15, 0.2) is 18.2 Å². The molecule has 104 valence electrons. The Labute approximate surface area is 112 Å². The van der Waals surface area contributed by atoms with Crippen LogP contribution in [0.3, 0.4) is 0 Å². The van der Waals surface area contributed by atoms with E-state index in [0.717, 1.165) is 6.42 Å². The van der Waals surface area contributed by atoms with Gasteiger partial charge >= 0.3 is 11.9 Å². The molecule has 1 aromatic rings. The van der Waals surface area contributed by atoms with Crippen LogP contribution in [0, 0.1) is 0 Å². The molecule has 2 N–H and O–H groups in total. The average Bonchev–Trinajstić information content (AvgIpc) is 2.38. The summed E-state index contributed by atoms with van der Waals surface area (Å²) in [6, 6.07) is 4.96. The number of hydrogen-bond donors (Lipinski definition) is 1. The normalized spacial score (nSPS) is 10.0. The van der Waals surface area contributed by atoms with Gasteiger partial charge in [0.15, 0.2) is 0 Å². The minimum atomic E-state index is -0.468. The number of esters is 2. The maximum absolute atomic E-state index is 11.8. The zero-order valence-corrected chi connectivity index (χ0v) is 11.3. The van der Waals surface area contributed by atoms with Crippen LogP contribution in [-0.2, 0) is 20.7 Å². The average molecular weight is 265 g/mol. The number of benzene rings is 1. The molecule has 0 spiro atoms. The molecule has 5 heteroatoms. The van der Waals surface area contributed by atoms with Crippen molar-refractivity contribution in [3.8, 4) is 0 Å². The first kappa shape index (κ1) is 15.0. The zero-order valence-electron chi connectivity index (χ0n) is 11.3. The monoisotopic (exact) mass is 265 g/mol. The fraction of sp³-hybridized carbons (Fsp3) is 0.429. The molecule has 1 rings (SSSR count). The van der Waals surface area contributed by atoms with Crippen molar-refractivity contribution in [2.75, 3.05) is 18.9 Å². The zero-order chi connectivity index (χ0) is 14.3. The molecule has 0 bridgehead atoms. The molecule has 0 heterocycles. The smallest absolute Gasteiger partial charge is 0.340 e. The number of carbonyl (C=O) groups excluding carboxylic acids is 2. The number of hydrogen-bond acceptors (Lipinski definition) is 5. The van der Waals surface area contributed by atoms with Crippen molar-refractivity contribution in [1.29, 1.82) is 0 Å². The molecule has 0 saturated carbocycles. The number of anilines is 1. The van der Waals surface area contributed by atoms with Crippen molar-refractivity contribution in [3.05, 3.63) is 29.3 Å². The summed E-state index contributed by atoms with van der Waals surface area (Å²) >= 11 is 0. The summed E-state index contributed by atoms with van der Waals surface area (Å²) < 4.78 is 9.89. The number of para-hydroxylation sites is 1. The summed E-state index contributed by atoms with van der Waals surface area (Å²) in [7, 11) is 0. The molecule has 0 amide bonds. The van der Waals surface area contributed by atoms with Crippen LogP contribution in [0.2, 0.25) is 0 Å². The Morgan fingerprint density at radius 1 is 1.21 bits per heavy atom. The van der Waals surface area contributed by atoms with E-state index in [9.17, 15) is 9.59 Å². The van der Waals surface area contributed by atoms with Crippen molar-refractivity contribution >= 4 is 17.6 Å². The van der Waals surface area contributed by atoms with Crippen molar-refractivity contribution in [2.45, 2.75) is 26.7 Å². The van der Waals surface area contributed by atoms with Crippen molar-refractivity contribution in [1.82, 2.24) is 0 Å². The van der Waals surface area contributed by atoms with E-state index in [4.69, 9.17) is 15.2 Å². The number of nitrogens with two attached hydrogens (primary N) is 1. The van der Waals surface area contributed by atoms with Crippen LogP contribution >= 0.6 is 0 Å². The van der Waals surface area contributed by atoms with Crippen LogP contribution < -0.4 is 5.73 Å². The molecular formula is C14H19NO4. The second-order valence-corrected chi connectivity index (χ2v) is 4.00. The molecule has 19 heavy (non-hydrogen) atoms. The summed E-state index contributed by atoms with van der Waals surface area (Å²) in [6.45, 7) is 4.31. The minimum Gasteiger partial charge on any atom is -0.466 e. The second kappa shape index (κ2) is 7.41. The first-order valence-corrected chi connectivity index (χ1v) is 6.30. The Morgan fingerprint density at radius 3 is 2.58 bits per heavy atom. The van der Waals surface area contributed by atoms with Crippen LogP contribution in [0.25, 0.3) is 0 Å². The van der Waals surface area contributed by atoms with Gasteiger partial charge in [-0.1, -0.05) is 19.1 Å².